The molecule has 0 amide bonds. The number of hydrogen-bond acceptors (Lipinski definition) is 2. The van der Waals surface area contributed by atoms with Gasteiger partial charge in [-0.25, -0.2) is 0 Å². The minimum absolute atomic E-state index is 0.0300. The summed E-state index contributed by atoms with van der Waals surface area (Å²) in [6.07, 6.45) is 6.57. The van der Waals surface area contributed by atoms with Crippen LogP contribution < -0.4 is 0 Å². The Morgan fingerprint density at radius 2 is 1.56 bits per heavy atom. The van der Waals surface area contributed by atoms with Crippen LogP contribution in [0.5, 0.6) is 0 Å². The molecule has 0 aromatic rings. The van der Waals surface area contributed by atoms with Crippen LogP contribution in [-0.4, -0.2) is 12.6 Å². The first-order valence-electron chi connectivity index (χ1n) is 6.68. The first-order valence-corrected chi connectivity index (χ1v) is 6.68. The van der Waals surface area contributed by atoms with Gasteiger partial charge in [-0.05, 0) is 18.3 Å². The number of rotatable bonds is 9. The summed E-state index contributed by atoms with van der Waals surface area (Å²) in [5.41, 5.74) is 0. The molecule has 2 heteroatoms. The van der Waals surface area contributed by atoms with E-state index in [-0.39, 0.29) is 5.97 Å². The Labute approximate surface area is 101 Å². The van der Waals surface area contributed by atoms with Crippen molar-refractivity contribution in [2.45, 2.75) is 66.2 Å². The van der Waals surface area contributed by atoms with Crippen LogP contribution in [0, 0.1) is 11.8 Å². The predicted octanol–water partition coefficient (Wildman–Crippen LogP) is 4.18. The van der Waals surface area contributed by atoms with Crippen LogP contribution in [0.1, 0.15) is 66.2 Å². The van der Waals surface area contributed by atoms with Crippen LogP contribution in [-0.2, 0) is 9.53 Å². The number of carbonyl (C=O) groups excluding carboxylic acids is 1. The highest BCUT2D eigenvalue weighted by molar-refractivity contribution is 5.69. The Balaban J connectivity index is 3.21. The number of esters is 1. The molecular weight excluding hydrogens is 200 g/mol. The molecule has 0 rings (SSSR count). The summed E-state index contributed by atoms with van der Waals surface area (Å²) in [6.45, 7) is 9.18. The Hall–Kier alpha value is -0.530. The van der Waals surface area contributed by atoms with Crippen molar-refractivity contribution in [2.75, 3.05) is 6.61 Å². The second-order valence-corrected chi connectivity index (χ2v) is 5.42. The van der Waals surface area contributed by atoms with Gasteiger partial charge in [0, 0.05) is 6.42 Å². The molecule has 0 spiro atoms. The van der Waals surface area contributed by atoms with Gasteiger partial charge in [-0.3, -0.25) is 4.79 Å². The lowest BCUT2D eigenvalue weighted by Crippen LogP contribution is -2.09. The molecule has 16 heavy (non-hydrogen) atoms. The third-order valence-electron chi connectivity index (χ3n) is 2.49. The maximum absolute atomic E-state index is 11.3. The van der Waals surface area contributed by atoms with Gasteiger partial charge in [0.05, 0.1) is 6.61 Å². The van der Waals surface area contributed by atoms with Crippen LogP contribution in [0.2, 0.25) is 0 Å². The van der Waals surface area contributed by atoms with Gasteiger partial charge in [-0.1, -0.05) is 53.4 Å². The molecule has 0 bridgehead atoms. The lowest BCUT2D eigenvalue weighted by Gasteiger charge is -2.07. The van der Waals surface area contributed by atoms with E-state index in [1.54, 1.807) is 0 Å². The standard InChI is InChI=1S/C14H28O2/c1-12(2)9-7-5-6-8-10-14(15)16-11-13(3)4/h12-13H,5-11H2,1-4H3. The molecule has 0 N–H and O–H groups in total. The third-order valence-corrected chi connectivity index (χ3v) is 2.49. The fourth-order valence-electron chi connectivity index (χ4n) is 1.51. The van der Waals surface area contributed by atoms with E-state index >= 15 is 0 Å². The van der Waals surface area contributed by atoms with Crippen molar-refractivity contribution >= 4 is 5.97 Å². The Bertz CT molecular complexity index is 174. The number of carbonyl (C=O) groups is 1. The SMILES string of the molecule is CC(C)CCCCCCC(=O)OCC(C)C. The zero-order chi connectivity index (χ0) is 12.4. The van der Waals surface area contributed by atoms with Crippen LogP contribution in [0.25, 0.3) is 0 Å². The summed E-state index contributed by atoms with van der Waals surface area (Å²) in [7, 11) is 0. The van der Waals surface area contributed by atoms with Gasteiger partial charge in [-0.2, -0.15) is 0 Å². The fourth-order valence-corrected chi connectivity index (χ4v) is 1.51. The molecule has 0 aliphatic carbocycles. The van der Waals surface area contributed by atoms with E-state index in [9.17, 15) is 4.79 Å². The summed E-state index contributed by atoms with van der Waals surface area (Å²) in [5.74, 6) is 1.21. The van der Waals surface area contributed by atoms with Crippen molar-refractivity contribution in [1.29, 1.82) is 0 Å². The van der Waals surface area contributed by atoms with Gasteiger partial charge < -0.3 is 4.74 Å². The fraction of sp³-hybridized carbons (Fsp3) is 0.929. The van der Waals surface area contributed by atoms with Crippen molar-refractivity contribution < 1.29 is 9.53 Å². The maximum Gasteiger partial charge on any atom is 0.305 e. The van der Waals surface area contributed by atoms with Crippen molar-refractivity contribution in [3.8, 4) is 0 Å². The molecule has 0 radical (unpaired) electrons. The predicted molar refractivity (Wildman–Crippen MR) is 68.3 cm³/mol. The van der Waals surface area contributed by atoms with E-state index in [0.717, 1.165) is 18.8 Å². The maximum atomic E-state index is 11.3. The highest BCUT2D eigenvalue weighted by Crippen LogP contribution is 2.10. The summed E-state index contributed by atoms with van der Waals surface area (Å²) in [6, 6.07) is 0. The van der Waals surface area contributed by atoms with E-state index < -0.39 is 0 Å². The molecule has 0 aliphatic rings. The molecule has 0 saturated carbocycles. The average molecular weight is 228 g/mol. The second-order valence-electron chi connectivity index (χ2n) is 5.42. The summed E-state index contributed by atoms with van der Waals surface area (Å²) in [5, 5.41) is 0. The Kier molecular flexibility index (Phi) is 9.36. The van der Waals surface area contributed by atoms with E-state index in [2.05, 4.69) is 27.7 Å². The van der Waals surface area contributed by atoms with Crippen molar-refractivity contribution in [1.82, 2.24) is 0 Å². The van der Waals surface area contributed by atoms with E-state index in [4.69, 9.17) is 4.74 Å². The first kappa shape index (κ1) is 15.5. The van der Waals surface area contributed by atoms with Crippen LogP contribution >= 0.6 is 0 Å². The molecule has 0 heterocycles. The minimum atomic E-state index is -0.0300. The largest absolute Gasteiger partial charge is 0.465 e. The molecule has 0 atom stereocenters. The smallest absolute Gasteiger partial charge is 0.305 e. The molecule has 0 fully saturated rings. The summed E-state index contributed by atoms with van der Waals surface area (Å²) >= 11 is 0. The molecule has 0 aromatic carbocycles. The molecular formula is C14H28O2. The lowest BCUT2D eigenvalue weighted by atomic mass is 10.0. The van der Waals surface area contributed by atoms with Crippen molar-refractivity contribution in [3.05, 3.63) is 0 Å². The van der Waals surface area contributed by atoms with Crippen molar-refractivity contribution in [2.24, 2.45) is 11.8 Å². The van der Waals surface area contributed by atoms with E-state index in [1.165, 1.54) is 19.3 Å². The lowest BCUT2D eigenvalue weighted by molar-refractivity contribution is -0.144. The Morgan fingerprint density at radius 1 is 0.938 bits per heavy atom. The van der Waals surface area contributed by atoms with Gasteiger partial charge in [0.1, 0.15) is 0 Å². The first-order chi connectivity index (χ1) is 7.52. The van der Waals surface area contributed by atoms with Crippen LogP contribution in [0.4, 0.5) is 0 Å². The quantitative estimate of drug-likeness (QED) is 0.437. The van der Waals surface area contributed by atoms with E-state index in [0.29, 0.717) is 18.9 Å². The highest BCUT2D eigenvalue weighted by atomic mass is 16.5. The van der Waals surface area contributed by atoms with Crippen LogP contribution in [0.15, 0.2) is 0 Å². The van der Waals surface area contributed by atoms with Gasteiger partial charge in [0.15, 0.2) is 0 Å². The second kappa shape index (κ2) is 9.68. The molecule has 0 saturated heterocycles. The van der Waals surface area contributed by atoms with Gasteiger partial charge in [-0.15, -0.1) is 0 Å². The highest BCUT2D eigenvalue weighted by Gasteiger charge is 2.03. The normalized spacial score (nSPS) is 11.1. The average Bonchev–Trinajstić information content (AvgIpc) is 2.19. The zero-order valence-corrected chi connectivity index (χ0v) is 11.4. The Morgan fingerprint density at radius 3 is 2.12 bits per heavy atom. The molecule has 0 unspecified atom stereocenters. The third kappa shape index (κ3) is 11.5. The monoisotopic (exact) mass is 228 g/mol. The van der Waals surface area contributed by atoms with Gasteiger partial charge in [0.2, 0.25) is 0 Å². The topological polar surface area (TPSA) is 26.3 Å². The molecule has 0 aromatic heterocycles. The molecule has 0 aliphatic heterocycles. The zero-order valence-electron chi connectivity index (χ0n) is 11.4. The summed E-state index contributed by atoms with van der Waals surface area (Å²) < 4.78 is 5.11. The number of unbranched alkanes of at least 4 members (excludes halogenated alkanes) is 3. The van der Waals surface area contributed by atoms with Gasteiger partial charge in [0.25, 0.3) is 0 Å². The number of ether oxygens (including phenoxy) is 1. The summed E-state index contributed by atoms with van der Waals surface area (Å²) in [4.78, 5) is 11.3. The van der Waals surface area contributed by atoms with E-state index in [1.807, 2.05) is 0 Å². The van der Waals surface area contributed by atoms with Crippen LogP contribution in [0.3, 0.4) is 0 Å². The van der Waals surface area contributed by atoms with Crippen molar-refractivity contribution in [3.63, 3.8) is 0 Å². The number of hydrogen-bond donors (Lipinski definition) is 0. The molecule has 96 valence electrons. The van der Waals surface area contributed by atoms with Gasteiger partial charge >= 0.3 is 5.97 Å². The molecule has 2 nitrogen and oxygen atoms in total. The minimum Gasteiger partial charge on any atom is -0.465 e.